The molecule has 4 fully saturated rings. The summed E-state index contributed by atoms with van der Waals surface area (Å²) in [5.74, 6) is 1.96. The van der Waals surface area contributed by atoms with Crippen molar-refractivity contribution >= 4 is 33.3 Å². The summed E-state index contributed by atoms with van der Waals surface area (Å²) in [4.78, 5) is 22.0. The van der Waals surface area contributed by atoms with Gasteiger partial charge in [0, 0.05) is 24.3 Å². The van der Waals surface area contributed by atoms with E-state index in [1.807, 2.05) is 30.3 Å². The summed E-state index contributed by atoms with van der Waals surface area (Å²) >= 11 is 6.43. The largest absolute Gasteiger partial charge is 0.485 e. The molecule has 4 aromatic rings. The predicted octanol–water partition coefficient (Wildman–Crippen LogP) is 6.55. The van der Waals surface area contributed by atoms with Gasteiger partial charge in [-0.15, -0.1) is 5.10 Å². The molecule has 280 valence electrons. The molecular weight excluding hydrogens is 714 g/mol. The molecule has 0 radical (unpaired) electrons. The van der Waals surface area contributed by atoms with E-state index in [4.69, 9.17) is 21.1 Å². The lowest BCUT2D eigenvalue weighted by Gasteiger charge is -2.17. The van der Waals surface area contributed by atoms with Gasteiger partial charge in [0.15, 0.2) is 22.4 Å². The van der Waals surface area contributed by atoms with Crippen LogP contribution in [0.25, 0.3) is 5.82 Å². The van der Waals surface area contributed by atoms with Crippen molar-refractivity contribution in [3.63, 3.8) is 0 Å². The Bertz CT molecular complexity index is 2080. The lowest BCUT2D eigenvalue weighted by atomic mass is 9.94. The Hall–Kier alpha value is -4.20. The fourth-order valence-electron chi connectivity index (χ4n) is 8.74. The fraction of sp³-hybridized carbons (Fsp3) is 0.487. The molecule has 2 spiro atoms. The van der Waals surface area contributed by atoms with Crippen molar-refractivity contribution in [3.8, 4) is 17.4 Å². The fourth-order valence-corrected chi connectivity index (χ4v) is 9.90. The van der Waals surface area contributed by atoms with Crippen molar-refractivity contribution in [1.82, 2.24) is 29.8 Å². The highest BCUT2D eigenvalue weighted by Crippen LogP contribution is 2.93. The molecule has 14 heteroatoms. The van der Waals surface area contributed by atoms with E-state index < -0.39 is 15.9 Å². The first kappa shape index (κ1) is 35.8. The third-order valence-electron chi connectivity index (χ3n) is 11.7. The Labute approximate surface area is 315 Å². The van der Waals surface area contributed by atoms with Crippen LogP contribution in [0, 0.1) is 22.7 Å². The number of fused-ring (bicyclic) bond motifs is 1. The Balaban J connectivity index is 0.898. The van der Waals surface area contributed by atoms with E-state index in [0.29, 0.717) is 47.3 Å². The van der Waals surface area contributed by atoms with Gasteiger partial charge < -0.3 is 20.1 Å². The normalized spacial score (nSPS) is 20.3. The summed E-state index contributed by atoms with van der Waals surface area (Å²) in [5.41, 5.74) is 2.28. The number of hydrogen-bond acceptors (Lipinski definition) is 10. The van der Waals surface area contributed by atoms with Gasteiger partial charge >= 0.3 is 0 Å². The second-order valence-electron chi connectivity index (χ2n) is 15.7. The van der Waals surface area contributed by atoms with Crippen molar-refractivity contribution in [2.75, 3.05) is 25.0 Å². The molecule has 3 aromatic heterocycles. The molecule has 1 amide bonds. The average Bonchev–Trinajstić information content (AvgIpc) is 4.09. The van der Waals surface area contributed by atoms with Gasteiger partial charge in [0.2, 0.25) is 5.88 Å². The molecule has 1 saturated heterocycles. The molecule has 12 nitrogen and oxygen atoms in total. The Kier molecular flexibility index (Phi) is 9.39. The summed E-state index contributed by atoms with van der Waals surface area (Å²) in [6.07, 6.45) is 11.3. The molecule has 3 N–H and O–H groups in total. The number of rotatable bonds is 16. The van der Waals surface area contributed by atoms with Gasteiger partial charge in [-0.2, -0.15) is 8.42 Å². The predicted molar refractivity (Wildman–Crippen MR) is 201 cm³/mol. The summed E-state index contributed by atoms with van der Waals surface area (Å²) in [6, 6.07) is 17.2. The van der Waals surface area contributed by atoms with Crippen LogP contribution in [0.2, 0.25) is 5.15 Å². The monoisotopic (exact) mass is 759 g/mol. The molecule has 1 aliphatic heterocycles. The van der Waals surface area contributed by atoms with Crippen LogP contribution in [-0.4, -0.2) is 59.3 Å². The average molecular weight is 760 g/mol. The van der Waals surface area contributed by atoms with Crippen molar-refractivity contribution in [1.29, 1.82) is 0 Å². The van der Waals surface area contributed by atoms with E-state index in [9.17, 15) is 13.2 Å². The molecule has 0 bridgehead atoms. The first-order valence-corrected chi connectivity index (χ1v) is 20.4. The molecule has 3 saturated carbocycles. The highest BCUT2D eigenvalue weighted by molar-refractivity contribution is 7.90. The van der Waals surface area contributed by atoms with E-state index in [1.165, 1.54) is 42.5 Å². The molecule has 1 atom stereocenters. The van der Waals surface area contributed by atoms with Gasteiger partial charge in [-0.1, -0.05) is 41.9 Å². The van der Waals surface area contributed by atoms with Crippen LogP contribution >= 0.6 is 11.6 Å². The zero-order chi connectivity index (χ0) is 36.8. The van der Waals surface area contributed by atoms with E-state index >= 15 is 0 Å². The van der Waals surface area contributed by atoms with Crippen molar-refractivity contribution < 1.29 is 22.7 Å². The highest BCUT2D eigenvalue weighted by atomic mass is 35.5. The van der Waals surface area contributed by atoms with Crippen LogP contribution in [-0.2, 0) is 16.6 Å². The van der Waals surface area contributed by atoms with Crippen molar-refractivity contribution in [3.05, 3.63) is 83.1 Å². The number of nitrogens with zero attached hydrogens (tertiary/aromatic N) is 4. The minimum absolute atomic E-state index is 0.110. The van der Waals surface area contributed by atoms with Crippen LogP contribution in [0.4, 0.5) is 5.82 Å². The Morgan fingerprint density at radius 2 is 1.75 bits per heavy atom. The molecule has 4 aliphatic rings. The maximum atomic E-state index is 13.5. The topological polar surface area (TPSA) is 149 Å². The summed E-state index contributed by atoms with van der Waals surface area (Å²) < 4.78 is 42.6. The maximum Gasteiger partial charge on any atom is 0.281 e. The molecule has 4 heterocycles. The second-order valence-corrected chi connectivity index (χ2v) is 17.7. The Morgan fingerprint density at radius 3 is 2.45 bits per heavy atom. The number of ether oxygens (including phenoxy) is 2. The van der Waals surface area contributed by atoms with E-state index in [0.717, 1.165) is 43.7 Å². The van der Waals surface area contributed by atoms with Crippen LogP contribution in [0.5, 0.6) is 11.6 Å². The molecule has 0 unspecified atom stereocenters. The third kappa shape index (κ3) is 7.48. The van der Waals surface area contributed by atoms with Crippen LogP contribution in [0.3, 0.4) is 0 Å². The van der Waals surface area contributed by atoms with E-state index in [1.54, 1.807) is 24.4 Å². The smallest absolute Gasteiger partial charge is 0.281 e. The maximum absolute atomic E-state index is 13.5. The minimum Gasteiger partial charge on any atom is -0.485 e. The number of carbonyl (C=O) groups is 1. The zero-order valence-corrected chi connectivity index (χ0v) is 31.7. The number of sulfonamides is 1. The highest BCUT2D eigenvalue weighted by Gasteiger charge is 2.85. The van der Waals surface area contributed by atoms with Gasteiger partial charge in [-0.25, -0.2) is 19.4 Å². The van der Waals surface area contributed by atoms with Gasteiger partial charge in [0.25, 0.3) is 15.9 Å². The molecule has 8 rings (SSSR count). The van der Waals surface area contributed by atoms with Crippen molar-refractivity contribution in [2.45, 2.75) is 82.4 Å². The lowest BCUT2D eigenvalue weighted by Crippen LogP contribution is -2.31. The summed E-state index contributed by atoms with van der Waals surface area (Å²) in [7, 11) is -4.40. The van der Waals surface area contributed by atoms with Gasteiger partial charge in [0.05, 0.1) is 12.2 Å². The van der Waals surface area contributed by atoms with Crippen LogP contribution in [0.1, 0.15) is 81.1 Å². The quantitative estimate of drug-likeness (QED) is 0.0848. The van der Waals surface area contributed by atoms with Gasteiger partial charge in [0.1, 0.15) is 11.8 Å². The SMILES string of the molecule is CC1(C)C[C@H](CCCNc2nc(S(=O)(=O)NC(=O)c3ccc(-n4ccc(OCCC5C6(CC6)C56CC6)n4)nc3Cl)ccc2OCc2ccccc2)CN1. The number of amides is 1. The van der Waals surface area contributed by atoms with E-state index in [2.05, 4.69) is 44.3 Å². The number of hydrogen-bond donors (Lipinski definition) is 3. The number of pyridine rings is 2. The molecule has 1 aromatic carbocycles. The number of halogens is 1. The van der Waals surface area contributed by atoms with Crippen LogP contribution in [0.15, 0.2) is 71.9 Å². The van der Waals surface area contributed by atoms with E-state index in [-0.39, 0.29) is 33.7 Å². The lowest BCUT2D eigenvalue weighted by molar-refractivity contribution is 0.0981. The van der Waals surface area contributed by atoms with Gasteiger partial charge in [-0.3, -0.25) is 4.79 Å². The number of benzene rings is 1. The van der Waals surface area contributed by atoms with Crippen LogP contribution < -0.4 is 24.8 Å². The molecule has 3 aliphatic carbocycles. The third-order valence-corrected chi connectivity index (χ3v) is 13.2. The van der Waals surface area contributed by atoms with Gasteiger partial charge in [-0.05, 0) is 124 Å². The summed E-state index contributed by atoms with van der Waals surface area (Å²) in [5, 5.41) is 10.8. The number of nitrogens with one attached hydrogen (secondary N) is 3. The number of anilines is 1. The first-order chi connectivity index (χ1) is 25.5. The number of aromatic nitrogens is 4. The molecular formula is C39H46ClN7O5S. The number of carbonyl (C=O) groups excluding carboxylic acids is 1. The van der Waals surface area contributed by atoms with Crippen molar-refractivity contribution in [2.24, 2.45) is 22.7 Å². The Morgan fingerprint density at radius 1 is 0.981 bits per heavy atom. The standard InChI is InChI=1S/C39H46ClN7O5S/c1-37(2)23-27(24-42-37)9-6-20-41-35-29(52-25-26-7-4-3-5-8-26)11-13-33(44-35)53(49,50)46-36(48)28-10-12-31(43-34(28)40)47-21-14-32(45-47)51-22-15-30-38(16-17-38)39(30)18-19-39/h3-5,7-8,10-14,21,27,30,42H,6,9,15-20,22-25H2,1-2H3,(H,41,44)(H,46,48)/t27-/m0/s1. The molecule has 53 heavy (non-hydrogen) atoms. The minimum atomic E-state index is -4.40. The second kappa shape index (κ2) is 13.9. The summed E-state index contributed by atoms with van der Waals surface area (Å²) in [6.45, 7) is 6.87. The zero-order valence-electron chi connectivity index (χ0n) is 30.1. The first-order valence-electron chi connectivity index (χ1n) is 18.6.